The number of halogens is 2. The molecule has 0 fully saturated rings. The normalized spacial score (nSPS) is 10.5. The van der Waals surface area contributed by atoms with Gasteiger partial charge in [0.25, 0.3) is 5.91 Å². The van der Waals surface area contributed by atoms with E-state index in [-0.39, 0.29) is 11.7 Å². The fourth-order valence-electron chi connectivity index (χ4n) is 2.10. The van der Waals surface area contributed by atoms with Crippen LogP contribution < -0.4 is 5.32 Å². The van der Waals surface area contributed by atoms with E-state index < -0.39 is 0 Å². The number of thiol groups is 1. The van der Waals surface area contributed by atoms with E-state index in [9.17, 15) is 9.18 Å². The van der Waals surface area contributed by atoms with Crippen molar-refractivity contribution in [1.29, 1.82) is 0 Å². The summed E-state index contributed by atoms with van der Waals surface area (Å²) in [5.41, 5.74) is 2.56. The molecule has 0 heterocycles. The van der Waals surface area contributed by atoms with E-state index in [0.29, 0.717) is 27.7 Å². The lowest BCUT2D eigenvalue weighted by Crippen LogP contribution is -2.23. The topological polar surface area (TPSA) is 29.1 Å². The van der Waals surface area contributed by atoms with Gasteiger partial charge in [0.1, 0.15) is 5.82 Å². The van der Waals surface area contributed by atoms with Crippen LogP contribution in [0.2, 0.25) is 0 Å². The standard InChI is InChI=1S/C16H15BrFNOS/c1-9-5-11(6-10(2)15(9)18)8-19-16(20)13-7-12(21)3-4-14(13)17/h3-7,21H,8H2,1-2H3,(H,19,20). The fraction of sp³-hybridized carbons (Fsp3) is 0.188. The third kappa shape index (κ3) is 3.86. The van der Waals surface area contributed by atoms with E-state index in [1.165, 1.54) is 0 Å². The monoisotopic (exact) mass is 367 g/mol. The van der Waals surface area contributed by atoms with Gasteiger partial charge in [0, 0.05) is 15.9 Å². The maximum atomic E-state index is 13.6. The number of benzene rings is 2. The summed E-state index contributed by atoms with van der Waals surface area (Å²) in [7, 11) is 0. The molecule has 0 aliphatic heterocycles. The molecule has 1 N–H and O–H groups in total. The summed E-state index contributed by atoms with van der Waals surface area (Å²) >= 11 is 7.58. The van der Waals surface area contributed by atoms with E-state index in [1.54, 1.807) is 44.2 Å². The summed E-state index contributed by atoms with van der Waals surface area (Å²) in [5, 5.41) is 2.83. The van der Waals surface area contributed by atoms with Gasteiger partial charge in [-0.1, -0.05) is 12.1 Å². The lowest BCUT2D eigenvalue weighted by atomic mass is 10.1. The zero-order chi connectivity index (χ0) is 15.6. The highest BCUT2D eigenvalue weighted by Crippen LogP contribution is 2.20. The molecule has 0 radical (unpaired) electrons. The Labute approximate surface area is 137 Å². The lowest BCUT2D eigenvalue weighted by Gasteiger charge is -2.10. The second kappa shape index (κ2) is 6.62. The van der Waals surface area contributed by atoms with Crippen LogP contribution in [0.4, 0.5) is 4.39 Å². The van der Waals surface area contributed by atoms with Gasteiger partial charge in [0.15, 0.2) is 0 Å². The summed E-state index contributed by atoms with van der Waals surface area (Å²) in [5.74, 6) is -0.395. The van der Waals surface area contributed by atoms with Crippen LogP contribution in [-0.2, 0) is 6.54 Å². The highest BCUT2D eigenvalue weighted by atomic mass is 79.9. The zero-order valence-electron chi connectivity index (χ0n) is 11.7. The predicted molar refractivity (Wildman–Crippen MR) is 88.4 cm³/mol. The molecule has 0 bridgehead atoms. The lowest BCUT2D eigenvalue weighted by molar-refractivity contribution is 0.0950. The second-order valence-corrected chi connectivity index (χ2v) is 6.26. The van der Waals surface area contributed by atoms with Gasteiger partial charge >= 0.3 is 0 Å². The van der Waals surface area contributed by atoms with Crippen LogP contribution in [0.5, 0.6) is 0 Å². The molecule has 0 saturated heterocycles. The van der Waals surface area contributed by atoms with Crippen LogP contribution in [0.15, 0.2) is 39.7 Å². The van der Waals surface area contributed by atoms with E-state index >= 15 is 0 Å². The summed E-state index contributed by atoms with van der Waals surface area (Å²) in [6.07, 6.45) is 0. The number of aryl methyl sites for hydroxylation is 2. The Hall–Kier alpha value is -1.33. The van der Waals surface area contributed by atoms with Crippen molar-refractivity contribution < 1.29 is 9.18 Å². The average Bonchev–Trinajstić information content (AvgIpc) is 2.44. The minimum atomic E-state index is -0.199. The summed E-state index contributed by atoms with van der Waals surface area (Å²) in [4.78, 5) is 12.9. The maximum absolute atomic E-state index is 13.6. The van der Waals surface area contributed by atoms with Gasteiger partial charge in [-0.2, -0.15) is 0 Å². The molecular weight excluding hydrogens is 353 g/mol. The molecule has 2 rings (SSSR count). The number of nitrogens with one attached hydrogen (secondary N) is 1. The first kappa shape index (κ1) is 16.0. The van der Waals surface area contributed by atoms with Crippen molar-refractivity contribution in [2.75, 3.05) is 0 Å². The number of hydrogen-bond donors (Lipinski definition) is 2. The highest BCUT2D eigenvalue weighted by Gasteiger charge is 2.11. The average molecular weight is 368 g/mol. The molecule has 0 aliphatic rings. The molecule has 110 valence electrons. The largest absolute Gasteiger partial charge is 0.348 e. The zero-order valence-corrected chi connectivity index (χ0v) is 14.2. The molecule has 5 heteroatoms. The number of hydrogen-bond acceptors (Lipinski definition) is 2. The summed E-state index contributed by atoms with van der Waals surface area (Å²) in [6, 6.07) is 8.77. The second-order valence-electron chi connectivity index (χ2n) is 4.89. The Morgan fingerprint density at radius 1 is 1.24 bits per heavy atom. The van der Waals surface area contributed by atoms with Crippen LogP contribution in [0.3, 0.4) is 0 Å². The molecule has 21 heavy (non-hydrogen) atoms. The third-order valence-electron chi connectivity index (χ3n) is 3.14. The van der Waals surface area contributed by atoms with Crippen molar-refractivity contribution >= 4 is 34.5 Å². The van der Waals surface area contributed by atoms with Crippen LogP contribution in [0.25, 0.3) is 0 Å². The molecule has 2 aromatic carbocycles. The first-order valence-corrected chi connectivity index (χ1v) is 7.65. The van der Waals surface area contributed by atoms with Crippen molar-refractivity contribution in [2.24, 2.45) is 0 Å². The molecule has 0 aliphatic carbocycles. The van der Waals surface area contributed by atoms with Crippen molar-refractivity contribution in [3.05, 3.63) is 62.9 Å². The first-order chi connectivity index (χ1) is 9.88. The number of rotatable bonds is 3. The summed E-state index contributed by atoms with van der Waals surface area (Å²) < 4.78 is 14.3. The van der Waals surface area contributed by atoms with E-state index in [2.05, 4.69) is 33.9 Å². The SMILES string of the molecule is Cc1cc(CNC(=O)c2cc(S)ccc2Br)cc(C)c1F. The van der Waals surface area contributed by atoms with Gasteiger partial charge < -0.3 is 5.32 Å². The molecular formula is C16H15BrFNOS. The quantitative estimate of drug-likeness (QED) is 0.772. The number of carbonyl (C=O) groups is 1. The smallest absolute Gasteiger partial charge is 0.252 e. The Morgan fingerprint density at radius 3 is 2.48 bits per heavy atom. The third-order valence-corrected chi connectivity index (χ3v) is 4.11. The fourth-order valence-corrected chi connectivity index (χ4v) is 2.73. The highest BCUT2D eigenvalue weighted by molar-refractivity contribution is 9.10. The van der Waals surface area contributed by atoms with Crippen LogP contribution in [0.1, 0.15) is 27.0 Å². The molecule has 0 aromatic heterocycles. The van der Waals surface area contributed by atoms with E-state index in [0.717, 1.165) is 10.5 Å². The van der Waals surface area contributed by atoms with Gasteiger partial charge in [-0.3, -0.25) is 4.79 Å². The Bertz CT molecular complexity index is 680. The minimum Gasteiger partial charge on any atom is -0.348 e. The van der Waals surface area contributed by atoms with E-state index in [4.69, 9.17) is 0 Å². The molecule has 0 unspecified atom stereocenters. The Balaban J connectivity index is 2.13. The van der Waals surface area contributed by atoms with Crippen molar-refractivity contribution in [3.8, 4) is 0 Å². The molecule has 1 amide bonds. The van der Waals surface area contributed by atoms with Gasteiger partial charge in [-0.25, -0.2) is 4.39 Å². The van der Waals surface area contributed by atoms with Crippen molar-refractivity contribution in [2.45, 2.75) is 25.3 Å². The minimum absolute atomic E-state index is 0.197. The molecule has 0 atom stereocenters. The van der Waals surface area contributed by atoms with Crippen molar-refractivity contribution in [3.63, 3.8) is 0 Å². The summed E-state index contributed by atoms with van der Waals surface area (Å²) in [6.45, 7) is 3.78. The first-order valence-electron chi connectivity index (χ1n) is 6.41. The molecule has 2 nitrogen and oxygen atoms in total. The maximum Gasteiger partial charge on any atom is 0.252 e. The van der Waals surface area contributed by atoms with Gasteiger partial charge in [-0.05, 0) is 64.7 Å². The van der Waals surface area contributed by atoms with Crippen LogP contribution >= 0.6 is 28.6 Å². The Morgan fingerprint density at radius 2 is 1.86 bits per heavy atom. The van der Waals surface area contributed by atoms with Crippen LogP contribution in [-0.4, -0.2) is 5.91 Å². The van der Waals surface area contributed by atoms with E-state index in [1.807, 2.05) is 0 Å². The van der Waals surface area contributed by atoms with Crippen LogP contribution in [0, 0.1) is 19.7 Å². The molecule has 0 spiro atoms. The molecule has 2 aromatic rings. The van der Waals surface area contributed by atoms with Gasteiger partial charge in [0.05, 0.1) is 5.56 Å². The number of carbonyl (C=O) groups excluding carboxylic acids is 1. The number of amides is 1. The van der Waals surface area contributed by atoms with Crippen molar-refractivity contribution in [1.82, 2.24) is 5.32 Å². The molecule has 0 saturated carbocycles. The Kier molecular flexibility index (Phi) is 5.06. The van der Waals surface area contributed by atoms with Gasteiger partial charge in [0.2, 0.25) is 0 Å². The van der Waals surface area contributed by atoms with Gasteiger partial charge in [-0.15, -0.1) is 12.6 Å². The predicted octanol–water partition coefficient (Wildman–Crippen LogP) is 4.42.